The van der Waals surface area contributed by atoms with Crippen LogP contribution in [0.2, 0.25) is 0 Å². The Hall–Kier alpha value is -1.99. The SMILES string of the molecule is CC(C)(C)OC(=O)NCc1cccc(C#CCCO)c1. The van der Waals surface area contributed by atoms with Crippen molar-refractivity contribution in [1.82, 2.24) is 5.32 Å². The highest BCUT2D eigenvalue weighted by Crippen LogP contribution is 2.08. The number of rotatable bonds is 3. The zero-order chi connectivity index (χ0) is 15.0. The predicted molar refractivity (Wildman–Crippen MR) is 78.1 cm³/mol. The average molecular weight is 275 g/mol. The number of hydrogen-bond acceptors (Lipinski definition) is 3. The highest BCUT2D eigenvalue weighted by molar-refractivity contribution is 5.67. The van der Waals surface area contributed by atoms with Crippen LogP contribution in [0.1, 0.15) is 38.3 Å². The van der Waals surface area contributed by atoms with Crippen molar-refractivity contribution in [2.45, 2.75) is 39.3 Å². The normalized spacial score (nSPS) is 10.4. The number of carbonyl (C=O) groups is 1. The molecule has 0 aliphatic rings. The van der Waals surface area contributed by atoms with Crippen LogP contribution < -0.4 is 5.32 Å². The smallest absolute Gasteiger partial charge is 0.407 e. The first kappa shape index (κ1) is 16.1. The van der Waals surface area contributed by atoms with Crippen LogP contribution in [-0.4, -0.2) is 23.4 Å². The quantitative estimate of drug-likeness (QED) is 0.833. The van der Waals surface area contributed by atoms with Gasteiger partial charge in [-0.1, -0.05) is 24.0 Å². The van der Waals surface area contributed by atoms with Crippen LogP contribution >= 0.6 is 0 Å². The van der Waals surface area contributed by atoms with Gasteiger partial charge in [-0.3, -0.25) is 0 Å². The number of hydrogen-bond donors (Lipinski definition) is 2. The lowest BCUT2D eigenvalue weighted by atomic mass is 10.1. The molecule has 4 nitrogen and oxygen atoms in total. The molecule has 0 unspecified atom stereocenters. The lowest BCUT2D eigenvalue weighted by Crippen LogP contribution is -2.32. The summed E-state index contributed by atoms with van der Waals surface area (Å²) in [5.41, 5.74) is 1.32. The maximum absolute atomic E-state index is 11.5. The van der Waals surface area contributed by atoms with Gasteiger partial charge in [-0.05, 0) is 38.5 Å². The molecule has 108 valence electrons. The summed E-state index contributed by atoms with van der Waals surface area (Å²) in [4.78, 5) is 11.5. The minimum atomic E-state index is -0.498. The van der Waals surface area contributed by atoms with Crippen molar-refractivity contribution in [2.24, 2.45) is 0 Å². The molecule has 0 saturated carbocycles. The van der Waals surface area contributed by atoms with E-state index in [4.69, 9.17) is 9.84 Å². The second kappa shape index (κ2) is 7.56. The Balaban J connectivity index is 2.55. The Labute approximate surface area is 120 Å². The molecular weight excluding hydrogens is 254 g/mol. The standard InChI is InChI=1S/C16H21NO3/c1-16(2,3)20-15(19)17-12-14-9-6-8-13(11-14)7-4-5-10-18/h6,8-9,11,18H,5,10,12H2,1-3H3,(H,17,19). The second-order valence-corrected chi connectivity index (χ2v) is 5.33. The van der Waals surface area contributed by atoms with Crippen LogP contribution in [0.15, 0.2) is 24.3 Å². The van der Waals surface area contributed by atoms with Gasteiger partial charge in [-0.2, -0.15) is 0 Å². The van der Waals surface area contributed by atoms with E-state index in [1.54, 1.807) is 0 Å². The summed E-state index contributed by atoms with van der Waals surface area (Å²) in [5, 5.41) is 11.4. The molecule has 1 amide bonds. The molecule has 1 aromatic carbocycles. The number of carbonyl (C=O) groups excluding carboxylic acids is 1. The third kappa shape index (κ3) is 6.81. The van der Waals surface area contributed by atoms with Crippen molar-refractivity contribution < 1.29 is 14.6 Å². The van der Waals surface area contributed by atoms with Gasteiger partial charge in [0.25, 0.3) is 0 Å². The van der Waals surface area contributed by atoms with E-state index >= 15 is 0 Å². The van der Waals surface area contributed by atoms with Gasteiger partial charge in [0.05, 0.1) is 6.61 Å². The summed E-state index contributed by atoms with van der Waals surface area (Å²) in [6.07, 6.45) is 0.0229. The minimum Gasteiger partial charge on any atom is -0.444 e. The number of aliphatic hydroxyl groups is 1. The fraction of sp³-hybridized carbons (Fsp3) is 0.438. The van der Waals surface area contributed by atoms with Crippen molar-refractivity contribution in [3.63, 3.8) is 0 Å². The van der Waals surface area contributed by atoms with E-state index in [2.05, 4.69) is 17.2 Å². The maximum atomic E-state index is 11.5. The van der Waals surface area contributed by atoms with Gasteiger partial charge < -0.3 is 15.2 Å². The second-order valence-electron chi connectivity index (χ2n) is 5.33. The van der Waals surface area contributed by atoms with Gasteiger partial charge >= 0.3 is 6.09 Å². The lowest BCUT2D eigenvalue weighted by molar-refractivity contribution is 0.0523. The summed E-state index contributed by atoms with van der Waals surface area (Å²) in [6.45, 7) is 5.93. The Morgan fingerprint density at radius 3 is 2.80 bits per heavy atom. The fourth-order valence-corrected chi connectivity index (χ4v) is 1.47. The van der Waals surface area contributed by atoms with Gasteiger partial charge in [-0.15, -0.1) is 0 Å². The fourth-order valence-electron chi connectivity index (χ4n) is 1.47. The number of nitrogens with one attached hydrogen (secondary N) is 1. The third-order valence-corrected chi connectivity index (χ3v) is 2.23. The van der Waals surface area contributed by atoms with Crippen LogP contribution in [0.4, 0.5) is 4.79 Å². The summed E-state index contributed by atoms with van der Waals surface area (Å²) in [6, 6.07) is 7.59. The Morgan fingerprint density at radius 2 is 2.15 bits per heavy atom. The molecule has 0 aromatic heterocycles. The Morgan fingerprint density at radius 1 is 1.40 bits per heavy atom. The zero-order valence-corrected chi connectivity index (χ0v) is 12.2. The first-order chi connectivity index (χ1) is 9.40. The van der Waals surface area contributed by atoms with Crippen LogP contribution in [0.5, 0.6) is 0 Å². The molecule has 1 rings (SSSR count). The molecule has 0 fully saturated rings. The maximum Gasteiger partial charge on any atom is 0.407 e. The molecule has 4 heteroatoms. The van der Waals surface area contributed by atoms with Gasteiger partial charge in [0, 0.05) is 18.5 Å². The third-order valence-electron chi connectivity index (χ3n) is 2.23. The lowest BCUT2D eigenvalue weighted by Gasteiger charge is -2.19. The van der Waals surface area contributed by atoms with E-state index in [1.165, 1.54) is 0 Å². The summed E-state index contributed by atoms with van der Waals surface area (Å²) < 4.78 is 5.16. The van der Waals surface area contributed by atoms with Gasteiger partial charge in [-0.25, -0.2) is 4.79 Å². The van der Waals surface area contributed by atoms with Gasteiger partial charge in [0.15, 0.2) is 0 Å². The van der Waals surface area contributed by atoms with E-state index in [-0.39, 0.29) is 6.61 Å². The molecular formula is C16H21NO3. The summed E-state index contributed by atoms with van der Waals surface area (Å²) >= 11 is 0. The average Bonchev–Trinajstić information content (AvgIpc) is 2.35. The Kier molecular flexibility index (Phi) is 6.08. The molecule has 0 saturated heterocycles. The molecule has 0 radical (unpaired) electrons. The van der Waals surface area contributed by atoms with Crippen LogP contribution in [0, 0.1) is 11.8 Å². The van der Waals surface area contributed by atoms with Crippen LogP contribution in [0.3, 0.4) is 0 Å². The van der Waals surface area contributed by atoms with Crippen molar-refractivity contribution in [1.29, 1.82) is 0 Å². The highest BCUT2D eigenvalue weighted by Gasteiger charge is 2.15. The van der Waals surface area contributed by atoms with E-state index in [0.717, 1.165) is 11.1 Å². The molecule has 20 heavy (non-hydrogen) atoms. The molecule has 0 aliphatic carbocycles. The minimum absolute atomic E-state index is 0.0624. The first-order valence-corrected chi connectivity index (χ1v) is 6.56. The topological polar surface area (TPSA) is 58.6 Å². The monoisotopic (exact) mass is 275 g/mol. The van der Waals surface area contributed by atoms with E-state index in [0.29, 0.717) is 13.0 Å². The molecule has 1 aromatic rings. The first-order valence-electron chi connectivity index (χ1n) is 6.56. The number of aliphatic hydroxyl groups excluding tert-OH is 1. The number of benzene rings is 1. The van der Waals surface area contributed by atoms with Gasteiger partial charge in [0.2, 0.25) is 0 Å². The zero-order valence-electron chi connectivity index (χ0n) is 12.2. The number of ether oxygens (including phenoxy) is 1. The van der Waals surface area contributed by atoms with Crippen molar-refractivity contribution in [3.05, 3.63) is 35.4 Å². The van der Waals surface area contributed by atoms with Crippen molar-refractivity contribution in [2.75, 3.05) is 6.61 Å². The Bertz CT molecular complexity index is 506. The van der Waals surface area contributed by atoms with E-state index < -0.39 is 11.7 Å². The van der Waals surface area contributed by atoms with Gasteiger partial charge in [0.1, 0.15) is 5.60 Å². The van der Waals surface area contributed by atoms with Crippen LogP contribution in [-0.2, 0) is 11.3 Å². The van der Waals surface area contributed by atoms with Crippen LogP contribution in [0.25, 0.3) is 0 Å². The summed E-state index contributed by atoms with van der Waals surface area (Å²) in [7, 11) is 0. The van der Waals surface area contributed by atoms with E-state index in [1.807, 2.05) is 45.0 Å². The molecule has 0 heterocycles. The molecule has 2 N–H and O–H groups in total. The van der Waals surface area contributed by atoms with E-state index in [9.17, 15) is 4.79 Å². The number of alkyl carbamates (subject to hydrolysis) is 1. The van der Waals surface area contributed by atoms with Crippen molar-refractivity contribution in [3.8, 4) is 11.8 Å². The molecule has 0 aliphatic heterocycles. The molecule has 0 bridgehead atoms. The number of amides is 1. The highest BCUT2D eigenvalue weighted by atomic mass is 16.6. The predicted octanol–water partition coefficient (Wildman–Crippen LogP) is 2.45. The summed E-state index contributed by atoms with van der Waals surface area (Å²) in [5.74, 6) is 5.82. The van der Waals surface area contributed by atoms with Crippen molar-refractivity contribution >= 4 is 6.09 Å². The largest absolute Gasteiger partial charge is 0.444 e. The molecule has 0 spiro atoms. The molecule has 0 atom stereocenters.